The first-order valence-electron chi connectivity index (χ1n) is 13.3. The summed E-state index contributed by atoms with van der Waals surface area (Å²) in [5, 5.41) is 16.9. The Balaban J connectivity index is 1.47. The lowest BCUT2D eigenvalue weighted by Crippen LogP contribution is -2.18. The number of amides is 1. The predicted molar refractivity (Wildman–Crippen MR) is 159 cm³/mol. The summed E-state index contributed by atoms with van der Waals surface area (Å²) < 4.78 is 17.6. The van der Waals surface area contributed by atoms with Crippen molar-refractivity contribution in [2.24, 2.45) is 0 Å². The molecule has 1 amide bonds. The van der Waals surface area contributed by atoms with Crippen LogP contribution in [0.2, 0.25) is 0 Å². The molecule has 3 aromatic carbocycles. The Morgan fingerprint density at radius 1 is 1.15 bits per heavy atom. The van der Waals surface area contributed by atoms with Gasteiger partial charge in [0.1, 0.15) is 29.4 Å². The van der Waals surface area contributed by atoms with Gasteiger partial charge in [0.15, 0.2) is 0 Å². The summed E-state index contributed by atoms with van der Waals surface area (Å²) in [6.07, 6.45) is 5.44. The van der Waals surface area contributed by atoms with Crippen molar-refractivity contribution in [1.82, 2.24) is 9.88 Å². The molecule has 208 valence electrons. The summed E-state index contributed by atoms with van der Waals surface area (Å²) in [7, 11) is 3.86. The van der Waals surface area contributed by atoms with Gasteiger partial charge in [-0.25, -0.2) is 0 Å². The highest BCUT2D eigenvalue weighted by Crippen LogP contribution is 2.37. The number of benzene rings is 3. The van der Waals surface area contributed by atoms with Gasteiger partial charge in [0.25, 0.3) is 0 Å². The highest BCUT2D eigenvalue weighted by atomic mass is 16.5. The molecule has 2 N–H and O–H groups in total. The van der Waals surface area contributed by atoms with Crippen LogP contribution in [-0.4, -0.2) is 55.7 Å². The van der Waals surface area contributed by atoms with Crippen LogP contribution in [-0.2, 0) is 9.53 Å². The Morgan fingerprint density at radius 3 is 2.63 bits per heavy atom. The van der Waals surface area contributed by atoms with E-state index in [-0.39, 0.29) is 12.0 Å². The van der Waals surface area contributed by atoms with Gasteiger partial charge in [-0.1, -0.05) is 24.3 Å². The van der Waals surface area contributed by atoms with Gasteiger partial charge in [0, 0.05) is 42.4 Å². The van der Waals surface area contributed by atoms with Gasteiger partial charge in [-0.15, -0.1) is 0 Å². The zero-order valence-corrected chi connectivity index (χ0v) is 23.0. The van der Waals surface area contributed by atoms with E-state index in [0.717, 1.165) is 17.9 Å². The molecule has 0 unspecified atom stereocenters. The molecule has 41 heavy (non-hydrogen) atoms. The van der Waals surface area contributed by atoms with Crippen molar-refractivity contribution >= 4 is 33.9 Å². The second kappa shape index (κ2) is 13.0. The van der Waals surface area contributed by atoms with Crippen LogP contribution in [0.3, 0.4) is 0 Å². The highest BCUT2D eigenvalue weighted by Gasteiger charge is 2.21. The molecular formula is C32H31N5O4. The lowest BCUT2D eigenvalue weighted by molar-refractivity contribution is -0.111. The monoisotopic (exact) mass is 549 g/mol. The van der Waals surface area contributed by atoms with Gasteiger partial charge in [-0.3, -0.25) is 9.78 Å². The molecule has 1 fully saturated rings. The Kier molecular flexibility index (Phi) is 8.74. The first-order valence-corrected chi connectivity index (χ1v) is 13.3. The predicted octanol–water partition coefficient (Wildman–Crippen LogP) is 5.87. The second-order valence-corrected chi connectivity index (χ2v) is 9.85. The lowest BCUT2D eigenvalue weighted by atomic mass is 10.1. The van der Waals surface area contributed by atoms with Gasteiger partial charge < -0.3 is 29.7 Å². The maximum atomic E-state index is 12.8. The van der Waals surface area contributed by atoms with E-state index in [9.17, 15) is 10.1 Å². The zero-order valence-electron chi connectivity index (χ0n) is 23.0. The third-order valence-electron chi connectivity index (χ3n) is 6.37. The molecule has 0 radical (unpaired) electrons. The van der Waals surface area contributed by atoms with Gasteiger partial charge in [-0.2, -0.15) is 5.26 Å². The zero-order chi connectivity index (χ0) is 28.6. The molecule has 1 aliphatic heterocycles. The minimum absolute atomic E-state index is 0.125. The number of para-hydroxylation sites is 1. The Morgan fingerprint density at radius 2 is 1.93 bits per heavy atom. The number of hydrogen-bond acceptors (Lipinski definition) is 8. The number of nitrogens with zero attached hydrogens (tertiary/aromatic N) is 3. The molecule has 0 saturated carbocycles. The second-order valence-electron chi connectivity index (χ2n) is 9.85. The summed E-state index contributed by atoms with van der Waals surface area (Å²) >= 11 is 0. The topological polar surface area (TPSA) is 109 Å². The van der Waals surface area contributed by atoms with E-state index in [1.165, 1.54) is 12.3 Å². The molecule has 4 aromatic rings. The van der Waals surface area contributed by atoms with Crippen molar-refractivity contribution in [1.29, 1.82) is 5.26 Å². The number of nitrogens with one attached hydrogen (secondary N) is 2. The fourth-order valence-electron chi connectivity index (χ4n) is 4.34. The quantitative estimate of drug-likeness (QED) is 0.237. The van der Waals surface area contributed by atoms with Crippen LogP contribution in [0, 0.1) is 11.3 Å². The number of aromatic nitrogens is 1. The Labute approximate surface area is 239 Å². The van der Waals surface area contributed by atoms with E-state index in [1.807, 2.05) is 73.6 Å². The number of ether oxygens (including phenoxy) is 3. The standard InChI is InChI=1S/C32H31N5O4/c1-37(2)15-6-9-31(38)36-29-17-27-28(18-30(29)41-26-14-16-39-21-26)34-20-22(19-33)32(27)35-23-10-12-25(13-11-23)40-24-7-4-3-5-8-24/h3-13,17-18,20,26H,14-16,21H2,1-2H3,(H,34,35)(H,36,38)/t26-/m1/s1. The molecule has 1 aliphatic rings. The van der Waals surface area contributed by atoms with Crippen molar-refractivity contribution in [2.45, 2.75) is 12.5 Å². The average Bonchev–Trinajstić information content (AvgIpc) is 3.48. The van der Waals surface area contributed by atoms with Crippen molar-refractivity contribution in [2.75, 3.05) is 44.5 Å². The summed E-state index contributed by atoms with van der Waals surface area (Å²) in [6.45, 7) is 1.73. The molecule has 9 nitrogen and oxygen atoms in total. The van der Waals surface area contributed by atoms with Crippen molar-refractivity contribution < 1.29 is 19.0 Å². The first-order chi connectivity index (χ1) is 20.0. The molecule has 1 aromatic heterocycles. The lowest BCUT2D eigenvalue weighted by Gasteiger charge is -2.18. The summed E-state index contributed by atoms with van der Waals surface area (Å²) in [5.41, 5.74) is 2.79. The molecule has 0 aliphatic carbocycles. The highest BCUT2D eigenvalue weighted by molar-refractivity contribution is 6.04. The number of carbonyl (C=O) groups is 1. The van der Waals surface area contributed by atoms with Gasteiger partial charge >= 0.3 is 0 Å². The SMILES string of the molecule is CN(C)CC=CC(=O)Nc1cc2c(Nc3ccc(Oc4ccccc4)cc3)c(C#N)cnc2cc1O[C@@H]1CCOC1. The minimum atomic E-state index is -0.286. The fraction of sp³-hybridized carbons (Fsp3) is 0.219. The van der Waals surface area contributed by atoms with E-state index < -0.39 is 0 Å². The van der Waals surface area contributed by atoms with Crippen LogP contribution in [0.1, 0.15) is 12.0 Å². The number of anilines is 3. The summed E-state index contributed by atoms with van der Waals surface area (Å²) in [5.74, 6) is 1.64. The van der Waals surface area contributed by atoms with Crippen LogP contribution < -0.4 is 20.1 Å². The van der Waals surface area contributed by atoms with Crippen molar-refractivity contribution in [3.63, 3.8) is 0 Å². The van der Waals surface area contributed by atoms with E-state index in [1.54, 1.807) is 18.2 Å². The summed E-state index contributed by atoms with van der Waals surface area (Å²) in [6, 6.07) is 22.8. The number of rotatable bonds is 10. The number of pyridine rings is 1. The van der Waals surface area contributed by atoms with Gasteiger partial charge in [0.05, 0.1) is 35.7 Å². The van der Waals surface area contributed by atoms with Crippen LogP contribution in [0.4, 0.5) is 17.1 Å². The molecule has 0 spiro atoms. The Hall–Kier alpha value is -4.91. The van der Waals surface area contributed by atoms with E-state index in [0.29, 0.717) is 59.1 Å². The average molecular weight is 550 g/mol. The molecule has 5 rings (SSSR count). The van der Waals surface area contributed by atoms with E-state index in [2.05, 4.69) is 21.7 Å². The third-order valence-corrected chi connectivity index (χ3v) is 6.37. The molecule has 1 saturated heterocycles. The van der Waals surface area contributed by atoms with E-state index in [4.69, 9.17) is 14.2 Å². The molecule has 2 heterocycles. The number of hydrogen-bond donors (Lipinski definition) is 2. The normalized spacial score (nSPS) is 14.7. The van der Waals surface area contributed by atoms with Crippen molar-refractivity contribution in [3.05, 3.63) is 90.6 Å². The maximum absolute atomic E-state index is 12.8. The molecule has 9 heteroatoms. The smallest absolute Gasteiger partial charge is 0.248 e. The molecule has 0 bridgehead atoms. The number of nitriles is 1. The maximum Gasteiger partial charge on any atom is 0.248 e. The fourth-order valence-corrected chi connectivity index (χ4v) is 4.34. The van der Waals surface area contributed by atoms with Crippen LogP contribution in [0.15, 0.2) is 85.1 Å². The number of fused-ring (bicyclic) bond motifs is 1. The molecular weight excluding hydrogens is 518 g/mol. The number of likely N-dealkylation sites (N-methyl/N-ethyl adjacent to an activating group) is 1. The minimum Gasteiger partial charge on any atom is -0.486 e. The number of carbonyl (C=O) groups excluding carboxylic acids is 1. The van der Waals surface area contributed by atoms with E-state index >= 15 is 0 Å². The van der Waals surface area contributed by atoms with Crippen LogP contribution in [0.5, 0.6) is 17.2 Å². The van der Waals surface area contributed by atoms with Gasteiger partial charge in [0.2, 0.25) is 5.91 Å². The van der Waals surface area contributed by atoms with Crippen molar-refractivity contribution in [3.8, 4) is 23.3 Å². The first kappa shape index (κ1) is 27.6. The third kappa shape index (κ3) is 7.19. The summed E-state index contributed by atoms with van der Waals surface area (Å²) in [4.78, 5) is 19.3. The Bertz CT molecular complexity index is 1570. The van der Waals surface area contributed by atoms with Crippen LogP contribution >= 0.6 is 0 Å². The van der Waals surface area contributed by atoms with Gasteiger partial charge in [-0.05, 0) is 56.6 Å². The molecule has 1 atom stereocenters. The largest absolute Gasteiger partial charge is 0.486 e. The van der Waals surface area contributed by atoms with Crippen LogP contribution in [0.25, 0.3) is 10.9 Å².